The maximum Gasteiger partial charge on any atom is 0.246 e. The van der Waals surface area contributed by atoms with E-state index in [0.717, 1.165) is 45.4 Å². The van der Waals surface area contributed by atoms with Gasteiger partial charge in [-0.15, -0.1) is 0 Å². The molecule has 3 N–H and O–H groups in total. The van der Waals surface area contributed by atoms with Crippen molar-refractivity contribution in [3.05, 3.63) is 49.2 Å². The Morgan fingerprint density at radius 3 is 3.07 bits per heavy atom. The molecule has 0 spiro atoms. The standard InChI is InChI=1S/C21H21N7O/c1-3-18(29)27-7-6-14(9-27)28-10-15(19-20(22)23-11-24-21(19)28)13-4-5-16-17(8-13)26-12(2)25-16/h3-5,8,10-11,14H,1,6-7,9H2,2H3,(H,25,26)(H2,22,23,24). The number of anilines is 1. The number of amides is 1. The lowest BCUT2D eigenvalue weighted by atomic mass is 10.1. The Hall–Kier alpha value is -3.68. The molecule has 4 aromatic rings. The first kappa shape index (κ1) is 17.4. The van der Waals surface area contributed by atoms with Crippen LogP contribution in [0.15, 0.2) is 43.4 Å². The van der Waals surface area contributed by atoms with Crippen LogP contribution in [0.3, 0.4) is 0 Å². The van der Waals surface area contributed by atoms with Crippen LogP contribution < -0.4 is 5.73 Å². The molecule has 0 saturated carbocycles. The lowest BCUT2D eigenvalue weighted by Crippen LogP contribution is -2.27. The molecule has 3 aromatic heterocycles. The van der Waals surface area contributed by atoms with Crippen molar-refractivity contribution in [1.82, 2.24) is 29.4 Å². The summed E-state index contributed by atoms with van der Waals surface area (Å²) in [5.74, 6) is 1.28. The van der Waals surface area contributed by atoms with Crippen LogP contribution in [0.25, 0.3) is 33.2 Å². The molecule has 5 rings (SSSR count). The van der Waals surface area contributed by atoms with Crippen molar-refractivity contribution in [1.29, 1.82) is 0 Å². The average molecular weight is 387 g/mol. The topological polar surface area (TPSA) is 106 Å². The highest BCUT2D eigenvalue weighted by Gasteiger charge is 2.28. The zero-order valence-electron chi connectivity index (χ0n) is 16.1. The molecule has 1 amide bonds. The third-order valence-corrected chi connectivity index (χ3v) is 5.59. The molecule has 1 aliphatic heterocycles. The van der Waals surface area contributed by atoms with Gasteiger partial charge in [0.25, 0.3) is 0 Å². The summed E-state index contributed by atoms with van der Waals surface area (Å²) in [5, 5.41) is 0.830. The first-order valence-corrected chi connectivity index (χ1v) is 9.54. The molecule has 4 heterocycles. The Labute approximate surface area is 167 Å². The van der Waals surface area contributed by atoms with Crippen LogP contribution in [0, 0.1) is 6.92 Å². The predicted molar refractivity (Wildman–Crippen MR) is 112 cm³/mol. The number of aromatic amines is 1. The van der Waals surface area contributed by atoms with E-state index in [9.17, 15) is 4.79 Å². The maximum absolute atomic E-state index is 12.0. The summed E-state index contributed by atoms with van der Waals surface area (Å²) in [5.41, 5.74) is 10.9. The Kier molecular flexibility index (Phi) is 3.87. The van der Waals surface area contributed by atoms with E-state index < -0.39 is 0 Å². The van der Waals surface area contributed by atoms with Gasteiger partial charge in [-0.1, -0.05) is 12.6 Å². The van der Waals surface area contributed by atoms with Crippen molar-refractivity contribution < 1.29 is 4.79 Å². The number of hydrogen-bond donors (Lipinski definition) is 2. The number of aromatic nitrogens is 5. The molecule has 0 aliphatic carbocycles. The van der Waals surface area contributed by atoms with Crippen molar-refractivity contribution >= 4 is 33.8 Å². The van der Waals surface area contributed by atoms with Crippen LogP contribution in [0.5, 0.6) is 0 Å². The van der Waals surface area contributed by atoms with E-state index in [1.165, 1.54) is 12.4 Å². The SMILES string of the molecule is C=CC(=O)N1CCC(n2cc(-c3ccc4nc(C)[nH]c4c3)c3c(N)ncnc32)C1. The molecule has 1 fully saturated rings. The summed E-state index contributed by atoms with van der Waals surface area (Å²) >= 11 is 0. The van der Waals surface area contributed by atoms with Crippen molar-refractivity contribution in [3.8, 4) is 11.1 Å². The van der Waals surface area contributed by atoms with Gasteiger partial charge in [0.05, 0.1) is 22.5 Å². The number of nitrogens with zero attached hydrogens (tertiary/aromatic N) is 5. The monoisotopic (exact) mass is 387 g/mol. The molecule has 8 heteroatoms. The minimum atomic E-state index is -0.0432. The quantitative estimate of drug-likeness (QED) is 0.526. The minimum Gasteiger partial charge on any atom is -0.383 e. The summed E-state index contributed by atoms with van der Waals surface area (Å²) in [6.45, 7) is 6.85. The normalized spacial score (nSPS) is 16.7. The van der Waals surface area contributed by atoms with Crippen LogP contribution >= 0.6 is 0 Å². The highest BCUT2D eigenvalue weighted by molar-refractivity contribution is 6.02. The van der Waals surface area contributed by atoms with Crippen LogP contribution in [0.1, 0.15) is 18.3 Å². The number of nitrogen functional groups attached to an aromatic ring is 1. The molecule has 1 atom stereocenters. The molecule has 29 heavy (non-hydrogen) atoms. The summed E-state index contributed by atoms with van der Waals surface area (Å²) in [6.07, 6.45) is 5.78. The van der Waals surface area contributed by atoms with Gasteiger partial charge in [-0.25, -0.2) is 15.0 Å². The Morgan fingerprint density at radius 2 is 2.24 bits per heavy atom. The zero-order chi connectivity index (χ0) is 20.1. The second-order valence-corrected chi connectivity index (χ2v) is 7.39. The minimum absolute atomic E-state index is 0.0432. The third kappa shape index (κ3) is 2.75. The molecular weight excluding hydrogens is 366 g/mol. The number of nitrogens with one attached hydrogen (secondary N) is 1. The Morgan fingerprint density at radius 1 is 1.38 bits per heavy atom. The van der Waals surface area contributed by atoms with E-state index >= 15 is 0 Å². The number of H-pyrrole nitrogens is 1. The number of carbonyl (C=O) groups excluding carboxylic acids is 1. The van der Waals surface area contributed by atoms with E-state index in [1.807, 2.05) is 24.0 Å². The average Bonchev–Trinajstić information content (AvgIpc) is 3.42. The van der Waals surface area contributed by atoms with Gasteiger partial charge < -0.3 is 20.2 Å². The summed E-state index contributed by atoms with van der Waals surface area (Å²) in [4.78, 5) is 30.3. The molecule has 8 nitrogen and oxygen atoms in total. The lowest BCUT2D eigenvalue weighted by molar-refractivity contribution is -0.125. The molecule has 146 valence electrons. The van der Waals surface area contributed by atoms with E-state index in [1.54, 1.807) is 0 Å². The smallest absolute Gasteiger partial charge is 0.246 e. The number of benzene rings is 1. The maximum atomic E-state index is 12.0. The van der Waals surface area contributed by atoms with Gasteiger partial charge in [0.2, 0.25) is 5.91 Å². The van der Waals surface area contributed by atoms with Gasteiger partial charge in [0.1, 0.15) is 23.6 Å². The van der Waals surface area contributed by atoms with Crippen molar-refractivity contribution in [2.24, 2.45) is 0 Å². The number of carbonyl (C=O) groups is 1. The molecule has 1 aromatic carbocycles. The number of likely N-dealkylation sites (tertiary alicyclic amines) is 1. The fourth-order valence-corrected chi connectivity index (χ4v) is 4.21. The van der Waals surface area contributed by atoms with Gasteiger partial charge in [0, 0.05) is 24.8 Å². The second-order valence-electron chi connectivity index (χ2n) is 7.39. The van der Waals surface area contributed by atoms with E-state index in [-0.39, 0.29) is 11.9 Å². The number of nitrogens with two attached hydrogens (primary N) is 1. The van der Waals surface area contributed by atoms with Crippen molar-refractivity contribution in [3.63, 3.8) is 0 Å². The van der Waals surface area contributed by atoms with E-state index in [4.69, 9.17) is 5.73 Å². The number of aryl methyl sites for hydroxylation is 1. The molecule has 1 saturated heterocycles. The first-order valence-electron chi connectivity index (χ1n) is 9.54. The summed E-state index contributed by atoms with van der Waals surface area (Å²) < 4.78 is 2.13. The summed E-state index contributed by atoms with van der Waals surface area (Å²) in [7, 11) is 0. The molecule has 1 aliphatic rings. The number of hydrogen-bond acceptors (Lipinski definition) is 5. The molecule has 0 radical (unpaired) electrons. The van der Waals surface area contributed by atoms with Crippen molar-refractivity contribution in [2.75, 3.05) is 18.8 Å². The molecular formula is C21H21N7O. The second kappa shape index (κ2) is 6.44. The number of imidazole rings is 1. The van der Waals surface area contributed by atoms with Gasteiger partial charge in [-0.2, -0.15) is 0 Å². The highest BCUT2D eigenvalue weighted by atomic mass is 16.2. The predicted octanol–water partition coefficient (Wildman–Crippen LogP) is 2.82. The van der Waals surface area contributed by atoms with Gasteiger partial charge >= 0.3 is 0 Å². The van der Waals surface area contributed by atoms with Gasteiger partial charge in [0.15, 0.2) is 0 Å². The highest BCUT2D eigenvalue weighted by Crippen LogP contribution is 2.37. The number of rotatable bonds is 3. The molecule has 0 bridgehead atoms. The fourth-order valence-electron chi connectivity index (χ4n) is 4.21. The Balaban J connectivity index is 1.64. The first-order chi connectivity index (χ1) is 14.0. The molecule has 1 unspecified atom stereocenters. The van der Waals surface area contributed by atoms with E-state index in [0.29, 0.717) is 18.9 Å². The third-order valence-electron chi connectivity index (χ3n) is 5.59. The van der Waals surface area contributed by atoms with E-state index in [2.05, 4.69) is 43.3 Å². The summed E-state index contributed by atoms with van der Waals surface area (Å²) in [6, 6.07) is 6.24. The van der Waals surface area contributed by atoms with Crippen LogP contribution in [0.2, 0.25) is 0 Å². The van der Waals surface area contributed by atoms with Gasteiger partial charge in [-0.05, 0) is 37.1 Å². The van der Waals surface area contributed by atoms with Crippen LogP contribution in [-0.4, -0.2) is 48.4 Å². The van der Waals surface area contributed by atoms with Crippen LogP contribution in [-0.2, 0) is 4.79 Å². The fraction of sp³-hybridized carbons (Fsp3) is 0.238. The van der Waals surface area contributed by atoms with Gasteiger partial charge in [-0.3, -0.25) is 4.79 Å². The van der Waals surface area contributed by atoms with Crippen LogP contribution in [0.4, 0.5) is 5.82 Å². The van der Waals surface area contributed by atoms with Crippen molar-refractivity contribution in [2.45, 2.75) is 19.4 Å². The number of fused-ring (bicyclic) bond motifs is 2. The Bertz CT molecular complexity index is 1270. The lowest BCUT2D eigenvalue weighted by Gasteiger charge is -2.15. The zero-order valence-corrected chi connectivity index (χ0v) is 16.1. The largest absolute Gasteiger partial charge is 0.383 e.